The summed E-state index contributed by atoms with van der Waals surface area (Å²) in [7, 11) is 0. The van der Waals surface area contributed by atoms with Gasteiger partial charge in [0, 0.05) is 5.57 Å². The highest BCUT2D eigenvalue weighted by Crippen LogP contribution is 1.87. The van der Waals surface area contributed by atoms with Crippen LogP contribution >= 0.6 is 0 Å². The molecule has 1 amide bonds. The zero-order chi connectivity index (χ0) is 6.57. The van der Waals surface area contributed by atoms with Crippen molar-refractivity contribution in [3.63, 3.8) is 0 Å². The number of hydrogen-bond acceptors (Lipinski definition) is 2. The molecule has 0 atom stereocenters. The smallest absolute Gasteiger partial charge is 0.260 e. The van der Waals surface area contributed by atoms with Crippen molar-refractivity contribution in [1.29, 1.82) is 0 Å². The van der Waals surface area contributed by atoms with E-state index in [0.29, 0.717) is 5.57 Å². The summed E-state index contributed by atoms with van der Waals surface area (Å²) in [5, 5.41) is 0. The van der Waals surface area contributed by atoms with E-state index in [0.717, 1.165) is 0 Å². The van der Waals surface area contributed by atoms with E-state index < -0.39 is 0 Å². The quantitative estimate of drug-likeness (QED) is 0.217. The van der Waals surface area contributed by atoms with Gasteiger partial charge in [-0.3, -0.25) is 10.2 Å². The van der Waals surface area contributed by atoms with E-state index in [1.54, 1.807) is 19.9 Å². The topological polar surface area (TPSA) is 55.1 Å². The Kier molecular flexibility index (Phi) is 2.88. The number of hydrogen-bond donors (Lipinski definition) is 2. The molecule has 0 bridgehead atoms. The SMILES string of the molecule is CC=C(C)C(=O)NN. The molecule has 0 aliphatic heterocycles. The summed E-state index contributed by atoms with van der Waals surface area (Å²) in [6.07, 6.45) is 1.70. The van der Waals surface area contributed by atoms with Crippen molar-refractivity contribution in [2.24, 2.45) is 5.84 Å². The van der Waals surface area contributed by atoms with Gasteiger partial charge >= 0.3 is 0 Å². The predicted octanol–water partition coefficient (Wildman–Crippen LogP) is -0.0575. The monoisotopic (exact) mass is 114 g/mol. The third kappa shape index (κ3) is 1.75. The lowest BCUT2D eigenvalue weighted by Crippen LogP contribution is -2.30. The number of nitrogens with two attached hydrogens (primary N) is 1. The maximum atomic E-state index is 10.4. The molecule has 0 radical (unpaired) electrons. The van der Waals surface area contributed by atoms with Gasteiger partial charge in [-0.05, 0) is 13.8 Å². The molecular formula is C5H10N2O. The Hall–Kier alpha value is -0.830. The Balaban J connectivity index is 3.83. The largest absolute Gasteiger partial charge is 0.290 e. The third-order valence-electron chi connectivity index (χ3n) is 0.922. The van der Waals surface area contributed by atoms with Crippen molar-refractivity contribution < 1.29 is 4.79 Å². The normalized spacial score (nSPS) is 11.1. The number of carbonyl (C=O) groups is 1. The molecule has 0 saturated heterocycles. The van der Waals surface area contributed by atoms with Crippen LogP contribution in [0.1, 0.15) is 13.8 Å². The first kappa shape index (κ1) is 7.17. The molecule has 46 valence electrons. The van der Waals surface area contributed by atoms with Crippen molar-refractivity contribution >= 4 is 5.91 Å². The van der Waals surface area contributed by atoms with Gasteiger partial charge in [0.2, 0.25) is 0 Å². The highest BCUT2D eigenvalue weighted by atomic mass is 16.2. The summed E-state index contributed by atoms with van der Waals surface area (Å²) < 4.78 is 0. The first-order valence-electron chi connectivity index (χ1n) is 2.36. The molecule has 0 aliphatic carbocycles. The number of allylic oxidation sites excluding steroid dienone is 1. The van der Waals surface area contributed by atoms with Crippen LogP contribution in [0, 0.1) is 0 Å². The lowest BCUT2D eigenvalue weighted by atomic mass is 10.3. The van der Waals surface area contributed by atoms with E-state index in [2.05, 4.69) is 0 Å². The number of nitrogens with one attached hydrogen (secondary N) is 1. The van der Waals surface area contributed by atoms with Crippen molar-refractivity contribution in [3.05, 3.63) is 11.6 Å². The maximum absolute atomic E-state index is 10.4. The molecule has 3 N–H and O–H groups in total. The van der Waals surface area contributed by atoms with E-state index in [9.17, 15) is 4.79 Å². The summed E-state index contributed by atoms with van der Waals surface area (Å²) in [5.74, 6) is 4.58. The van der Waals surface area contributed by atoms with Crippen molar-refractivity contribution in [1.82, 2.24) is 5.43 Å². The average molecular weight is 114 g/mol. The Bertz CT molecular complexity index is 118. The second-order valence-electron chi connectivity index (χ2n) is 1.45. The molecule has 0 aliphatic rings. The number of carbonyl (C=O) groups excluding carboxylic acids is 1. The van der Waals surface area contributed by atoms with Crippen LogP contribution in [0.4, 0.5) is 0 Å². The minimum Gasteiger partial charge on any atom is -0.290 e. The highest BCUT2D eigenvalue weighted by molar-refractivity contribution is 5.92. The van der Waals surface area contributed by atoms with Crippen molar-refractivity contribution in [3.8, 4) is 0 Å². The van der Waals surface area contributed by atoms with Crippen LogP contribution in [-0.2, 0) is 4.79 Å². The summed E-state index contributed by atoms with van der Waals surface area (Å²) >= 11 is 0. The minimum atomic E-state index is -0.229. The standard InChI is InChI=1S/C5H10N2O/c1-3-4(2)5(8)7-6/h3H,6H2,1-2H3,(H,7,8). The average Bonchev–Trinajstić information content (AvgIpc) is 1.84. The fraction of sp³-hybridized carbons (Fsp3) is 0.400. The van der Waals surface area contributed by atoms with Crippen LogP contribution in [0.3, 0.4) is 0 Å². The zero-order valence-corrected chi connectivity index (χ0v) is 5.06. The van der Waals surface area contributed by atoms with Gasteiger partial charge in [-0.2, -0.15) is 0 Å². The van der Waals surface area contributed by atoms with Crippen LogP contribution in [0.15, 0.2) is 11.6 Å². The van der Waals surface area contributed by atoms with E-state index in [1.807, 2.05) is 5.43 Å². The summed E-state index contributed by atoms with van der Waals surface area (Å²) in [4.78, 5) is 10.4. The van der Waals surface area contributed by atoms with Crippen LogP contribution in [-0.4, -0.2) is 5.91 Å². The molecule has 3 heteroatoms. The second kappa shape index (κ2) is 3.21. The van der Waals surface area contributed by atoms with Crippen LogP contribution < -0.4 is 11.3 Å². The van der Waals surface area contributed by atoms with Crippen molar-refractivity contribution in [2.75, 3.05) is 0 Å². The highest BCUT2D eigenvalue weighted by Gasteiger charge is 1.95. The van der Waals surface area contributed by atoms with E-state index >= 15 is 0 Å². The molecule has 0 aromatic heterocycles. The fourth-order valence-electron chi connectivity index (χ4n) is 0.245. The predicted molar refractivity (Wildman–Crippen MR) is 31.8 cm³/mol. The maximum Gasteiger partial charge on any atom is 0.260 e. The second-order valence-corrected chi connectivity index (χ2v) is 1.45. The number of amides is 1. The van der Waals surface area contributed by atoms with Crippen LogP contribution in [0.5, 0.6) is 0 Å². The summed E-state index contributed by atoms with van der Waals surface area (Å²) in [5.41, 5.74) is 2.64. The third-order valence-corrected chi connectivity index (χ3v) is 0.922. The van der Waals surface area contributed by atoms with Gasteiger partial charge in [0.05, 0.1) is 0 Å². The van der Waals surface area contributed by atoms with Gasteiger partial charge in [0.1, 0.15) is 0 Å². The molecule has 0 unspecified atom stereocenters. The van der Waals surface area contributed by atoms with E-state index in [4.69, 9.17) is 5.84 Å². The molecule has 0 saturated carbocycles. The Labute approximate surface area is 48.5 Å². The molecule has 0 spiro atoms. The van der Waals surface area contributed by atoms with Gasteiger partial charge in [0.25, 0.3) is 5.91 Å². The van der Waals surface area contributed by atoms with Gasteiger partial charge in [0.15, 0.2) is 0 Å². The fourth-order valence-corrected chi connectivity index (χ4v) is 0.245. The molecule has 0 fully saturated rings. The first-order chi connectivity index (χ1) is 3.72. The van der Waals surface area contributed by atoms with Crippen molar-refractivity contribution in [2.45, 2.75) is 13.8 Å². The Morgan fingerprint density at radius 3 is 2.38 bits per heavy atom. The zero-order valence-electron chi connectivity index (χ0n) is 5.06. The van der Waals surface area contributed by atoms with Gasteiger partial charge in [-0.15, -0.1) is 0 Å². The lowest BCUT2D eigenvalue weighted by Gasteiger charge is -1.94. The molecule has 0 aromatic rings. The summed E-state index contributed by atoms with van der Waals surface area (Å²) in [6, 6.07) is 0. The number of hydrazine groups is 1. The van der Waals surface area contributed by atoms with E-state index in [-0.39, 0.29) is 5.91 Å². The Morgan fingerprint density at radius 1 is 1.75 bits per heavy atom. The first-order valence-corrected chi connectivity index (χ1v) is 2.36. The minimum absolute atomic E-state index is 0.229. The van der Waals surface area contributed by atoms with Gasteiger partial charge < -0.3 is 0 Å². The van der Waals surface area contributed by atoms with Gasteiger partial charge in [-0.1, -0.05) is 6.08 Å². The molecule has 3 nitrogen and oxygen atoms in total. The summed E-state index contributed by atoms with van der Waals surface area (Å²) in [6.45, 7) is 3.48. The number of rotatable bonds is 1. The van der Waals surface area contributed by atoms with Gasteiger partial charge in [-0.25, -0.2) is 5.84 Å². The molecule has 8 heavy (non-hydrogen) atoms. The molecule has 0 rings (SSSR count). The molecular weight excluding hydrogens is 104 g/mol. The van der Waals surface area contributed by atoms with Crippen LogP contribution in [0.2, 0.25) is 0 Å². The molecule has 0 aromatic carbocycles. The Morgan fingerprint density at radius 2 is 2.25 bits per heavy atom. The lowest BCUT2D eigenvalue weighted by molar-refractivity contribution is -0.117. The van der Waals surface area contributed by atoms with E-state index in [1.165, 1.54) is 0 Å². The van der Waals surface area contributed by atoms with Crippen LogP contribution in [0.25, 0.3) is 0 Å². The molecule has 0 heterocycles.